The van der Waals surface area contributed by atoms with E-state index in [4.69, 9.17) is 9.47 Å². The van der Waals surface area contributed by atoms with Crippen molar-refractivity contribution in [3.63, 3.8) is 0 Å². The molecule has 9 heteroatoms. The molecule has 1 atom stereocenters. The summed E-state index contributed by atoms with van der Waals surface area (Å²) in [7, 11) is 2.96. The molecule has 0 saturated heterocycles. The fourth-order valence-electron chi connectivity index (χ4n) is 3.06. The van der Waals surface area contributed by atoms with Crippen molar-refractivity contribution in [1.82, 2.24) is 10.6 Å². The lowest BCUT2D eigenvalue weighted by molar-refractivity contribution is -0.113. The van der Waals surface area contributed by atoms with Gasteiger partial charge in [-0.2, -0.15) is 0 Å². The summed E-state index contributed by atoms with van der Waals surface area (Å²) < 4.78 is 37.2. The highest BCUT2D eigenvalue weighted by molar-refractivity contribution is 6.06. The fraction of sp³-hybridized carbons (Fsp3) is 0.200. The quantitative estimate of drug-likeness (QED) is 0.715. The second-order valence-corrected chi connectivity index (χ2v) is 6.26. The van der Waals surface area contributed by atoms with Crippen LogP contribution in [-0.4, -0.2) is 26.2 Å². The smallest absolute Gasteiger partial charge is 0.319 e. The topological polar surface area (TPSA) is 88.7 Å². The zero-order chi connectivity index (χ0) is 21.1. The number of carbonyl (C=O) groups is 2. The average Bonchev–Trinajstić information content (AvgIpc) is 2.69. The van der Waals surface area contributed by atoms with Crippen LogP contribution in [0, 0.1) is 11.6 Å². The molecule has 1 heterocycles. The summed E-state index contributed by atoms with van der Waals surface area (Å²) in [5.41, 5.74) is 1.11. The molecule has 0 radical (unpaired) electrons. The number of allylic oxidation sites excluding steroid dienone is 1. The molecule has 2 aromatic rings. The van der Waals surface area contributed by atoms with Gasteiger partial charge in [0, 0.05) is 29.1 Å². The van der Waals surface area contributed by atoms with E-state index in [-0.39, 0.29) is 11.3 Å². The first-order valence-electron chi connectivity index (χ1n) is 8.60. The molecule has 3 N–H and O–H groups in total. The second-order valence-electron chi connectivity index (χ2n) is 6.26. The Morgan fingerprint density at radius 3 is 2.48 bits per heavy atom. The van der Waals surface area contributed by atoms with Gasteiger partial charge in [-0.1, -0.05) is 0 Å². The van der Waals surface area contributed by atoms with Crippen molar-refractivity contribution in [2.24, 2.45) is 0 Å². The molecule has 1 unspecified atom stereocenters. The maximum absolute atomic E-state index is 13.5. The molecule has 7 nitrogen and oxygen atoms in total. The molecule has 1 aliphatic heterocycles. The number of nitrogens with one attached hydrogen (secondary N) is 3. The Bertz CT molecular complexity index is 1010. The molecule has 3 rings (SSSR count). The van der Waals surface area contributed by atoms with Gasteiger partial charge in [0.2, 0.25) is 0 Å². The van der Waals surface area contributed by atoms with E-state index in [1.807, 2.05) is 0 Å². The number of hydrogen-bond donors (Lipinski definition) is 3. The summed E-state index contributed by atoms with van der Waals surface area (Å²) in [5, 5.41) is 7.76. The Hall–Kier alpha value is -3.62. The Kier molecular flexibility index (Phi) is 5.67. The normalized spacial score (nSPS) is 16.0. The van der Waals surface area contributed by atoms with E-state index in [0.717, 1.165) is 12.1 Å². The van der Waals surface area contributed by atoms with Crippen molar-refractivity contribution >= 4 is 17.6 Å². The van der Waals surface area contributed by atoms with Gasteiger partial charge in [-0.05, 0) is 31.2 Å². The highest BCUT2D eigenvalue weighted by atomic mass is 19.2. The molecule has 0 aromatic heterocycles. The first kappa shape index (κ1) is 20.1. The number of rotatable bonds is 5. The maximum Gasteiger partial charge on any atom is 0.319 e. The lowest BCUT2D eigenvalue weighted by Gasteiger charge is -2.29. The number of hydrogen-bond acceptors (Lipinski definition) is 4. The Balaban J connectivity index is 2.00. The van der Waals surface area contributed by atoms with Gasteiger partial charge < -0.3 is 25.4 Å². The fourth-order valence-corrected chi connectivity index (χ4v) is 3.06. The summed E-state index contributed by atoms with van der Waals surface area (Å²) in [6, 6.07) is 6.67. The van der Waals surface area contributed by atoms with Gasteiger partial charge >= 0.3 is 6.03 Å². The molecule has 0 saturated carbocycles. The maximum atomic E-state index is 13.5. The molecule has 0 fully saturated rings. The van der Waals surface area contributed by atoms with Crippen molar-refractivity contribution in [1.29, 1.82) is 0 Å². The monoisotopic (exact) mass is 403 g/mol. The number of amides is 3. The van der Waals surface area contributed by atoms with Crippen molar-refractivity contribution < 1.29 is 27.8 Å². The number of anilines is 1. The Morgan fingerprint density at radius 1 is 1.07 bits per heavy atom. The van der Waals surface area contributed by atoms with Crippen LogP contribution in [0.4, 0.5) is 19.3 Å². The summed E-state index contributed by atoms with van der Waals surface area (Å²) in [6.07, 6.45) is 0. The minimum atomic E-state index is -1.09. The molecule has 152 valence electrons. The zero-order valence-electron chi connectivity index (χ0n) is 15.9. The molecular weight excluding hydrogens is 384 g/mol. The second kappa shape index (κ2) is 8.17. The molecule has 0 bridgehead atoms. The largest absolute Gasteiger partial charge is 0.497 e. The summed E-state index contributed by atoms with van der Waals surface area (Å²) >= 11 is 0. The highest BCUT2D eigenvalue weighted by Gasteiger charge is 2.33. The van der Waals surface area contributed by atoms with Crippen LogP contribution in [0.5, 0.6) is 11.5 Å². The number of methoxy groups -OCH3 is 2. The van der Waals surface area contributed by atoms with Gasteiger partial charge in [0.1, 0.15) is 11.5 Å². The molecule has 0 aliphatic carbocycles. The van der Waals surface area contributed by atoms with Gasteiger partial charge in [-0.25, -0.2) is 13.6 Å². The van der Waals surface area contributed by atoms with E-state index in [9.17, 15) is 18.4 Å². The number of halogens is 2. The van der Waals surface area contributed by atoms with E-state index in [2.05, 4.69) is 16.0 Å². The van der Waals surface area contributed by atoms with E-state index in [1.165, 1.54) is 20.3 Å². The van der Waals surface area contributed by atoms with Crippen molar-refractivity contribution in [2.45, 2.75) is 13.0 Å². The van der Waals surface area contributed by atoms with Crippen LogP contribution in [0.1, 0.15) is 18.5 Å². The predicted molar refractivity (Wildman–Crippen MR) is 102 cm³/mol. The molecule has 29 heavy (non-hydrogen) atoms. The third-order valence-electron chi connectivity index (χ3n) is 4.44. The van der Waals surface area contributed by atoms with Crippen LogP contribution in [0.25, 0.3) is 0 Å². The van der Waals surface area contributed by atoms with Crippen LogP contribution in [0.3, 0.4) is 0 Å². The minimum Gasteiger partial charge on any atom is -0.497 e. The van der Waals surface area contributed by atoms with Crippen LogP contribution in [0.15, 0.2) is 47.7 Å². The molecular formula is C20H19F2N3O4. The first-order valence-corrected chi connectivity index (χ1v) is 8.60. The highest BCUT2D eigenvalue weighted by Crippen LogP contribution is 2.35. The van der Waals surface area contributed by atoms with E-state index >= 15 is 0 Å². The summed E-state index contributed by atoms with van der Waals surface area (Å²) in [6.45, 7) is 1.57. The van der Waals surface area contributed by atoms with Crippen LogP contribution in [-0.2, 0) is 4.79 Å². The molecule has 0 spiro atoms. The number of carbonyl (C=O) groups excluding carboxylic acids is 2. The van der Waals surface area contributed by atoms with E-state index in [1.54, 1.807) is 25.1 Å². The summed E-state index contributed by atoms with van der Waals surface area (Å²) in [4.78, 5) is 25.0. The third-order valence-corrected chi connectivity index (χ3v) is 4.44. The minimum absolute atomic E-state index is 0.0755. The van der Waals surface area contributed by atoms with Crippen LogP contribution in [0.2, 0.25) is 0 Å². The van der Waals surface area contributed by atoms with Crippen LogP contribution >= 0.6 is 0 Å². The van der Waals surface area contributed by atoms with Crippen molar-refractivity contribution in [2.75, 3.05) is 19.5 Å². The van der Waals surface area contributed by atoms with Crippen molar-refractivity contribution in [3.8, 4) is 11.5 Å². The number of urea groups is 1. The van der Waals surface area contributed by atoms with E-state index in [0.29, 0.717) is 22.8 Å². The first-order chi connectivity index (χ1) is 13.8. The summed E-state index contributed by atoms with van der Waals surface area (Å²) in [5.74, 6) is -1.76. The van der Waals surface area contributed by atoms with Gasteiger partial charge in [0.25, 0.3) is 5.91 Å². The lowest BCUT2D eigenvalue weighted by atomic mass is 9.94. The predicted octanol–water partition coefficient (Wildman–Crippen LogP) is 3.25. The zero-order valence-corrected chi connectivity index (χ0v) is 15.9. The lowest BCUT2D eigenvalue weighted by Crippen LogP contribution is -2.46. The van der Waals surface area contributed by atoms with Crippen LogP contribution < -0.4 is 25.4 Å². The molecule has 1 aliphatic rings. The Morgan fingerprint density at radius 2 is 1.83 bits per heavy atom. The Labute approximate surface area is 165 Å². The van der Waals surface area contributed by atoms with Crippen molar-refractivity contribution in [3.05, 3.63) is 64.9 Å². The standard InChI is InChI=1S/C20H19F2N3O4/c1-10-17(19(26)24-11-4-7-14(21)15(22)8-11)18(25-20(27)23-10)13-6-5-12(28-2)9-16(13)29-3/h4-9,18H,1-3H3,(H,24,26)(H2,23,25,27). The SMILES string of the molecule is COc1ccc(C2NC(=O)NC(C)=C2C(=O)Nc2ccc(F)c(F)c2)c(OC)c1. The van der Waals surface area contributed by atoms with Gasteiger partial charge in [0.05, 0.1) is 25.8 Å². The van der Waals surface area contributed by atoms with Gasteiger partial charge in [-0.15, -0.1) is 0 Å². The third kappa shape index (κ3) is 4.13. The van der Waals surface area contributed by atoms with E-state index < -0.39 is 29.6 Å². The number of benzene rings is 2. The molecule has 3 amide bonds. The molecule has 2 aromatic carbocycles. The van der Waals surface area contributed by atoms with Gasteiger partial charge in [0.15, 0.2) is 11.6 Å². The van der Waals surface area contributed by atoms with Gasteiger partial charge in [-0.3, -0.25) is 4.79 Å². The average molecular weight is 403 g/mol. The number of ether oxygens (including phenoxy) is 2.